The molecule has 9 atom stereocenters. The van der Waals surface area contributed by atoms with E-state index >= 15 is 0 Å². The third-order valence-corrected chi connectivity index (χ3v) is 11.9. The van der Waals surface area contributed by atoms with E-state index in [0.717, 1.165) is 36.0 Å². The van der Waals surface area contributed by atoms with Crippen LogP contribution in [0.15, 0.2) is 23.8 Å². The van der Waals surface area contributed by atoms with E-state index < -0.39 is 0 Å². The molecule has 168 valence electrons. The van der Waals surface area contributed by atoms with Crippen molar-refractivity contribution < 1.29 is 5.11 Å². The normalized spacial score (nSPS) is 54.3. The summed E-state index contributed by atoms with van der Waals surface area (Å²) in [6, 6.07) is 0. The monoisotopic (exact) mass is 410 g/mol. The van der Waals surface area contributed by atoms with Gasteiger partial charge in [0.25, 0.3) is 0 Å². The number of allylic oxidation sites excluding steroid dienone is 2. The predicted octanol–water partition coefficient (Wildman–Crippen LogP) is 7.55. The van der Waals surface area contributed by atoms with Gasteiger partial charge in [-0.2, -0.15) is 0 Å². The predicted molar refractivity (Wildman–Crippen MR) is 126 cm³/mol. The van der Waals surface area contributed by atoms with Crippen LogP contribution in [0.4, 0.5) is 0 Å². The molecule has 0 heterocycles. The van der Waals surface area contributed by atoms with E-state index in [1.165, 1.54) is 56.9 Å². The molecule has 9 unspecified atom stereocenters. The van der Waals surface area contributed by atoms with E-state index in [-0.39, 0.29) is 16.9 Å². The van der Waals surface area contributed by atoms with Crippen LogP contribution in [0.5, 0.6) is 0 Å². The van der Waals surface area contributed by atoms with Crippen LogP contribution in [0.25, 0.3) is 0 Å². The van der Waals surface area contributed by atoms with Gasteiger partial charge < -0.3 is 5.11 Å². The molecule has 5 rings (SSSR count). The molecule has 0 aliphatic heterocycles. The molecular formula is C29H46O. The van der Waals surface area contributed by atoms with Gasteiger partial charge >= 0.3 is 0 Å². The average Bonchev–Trinajstić information content (AvgIpc) is 3.03. The minimum Gasteiger partial charge on any atom is -0.392 e. The number of aliphatic hydroxyl groups excluding tert-OH is 1. The molecular weight excluding hydrogens is 364 g/mol. The summed E-state index contributed by atoms with van der Waals surface area (Å²) in [6.07, 6.45) is 14.3. The lowest BCUT2D eigenvalue weighted by atomic mass is 9.38. The van der Waals surface area contributed by atoms with Crippen LogP contribution in [0.1, 0.15) is 99.3 Å². The molecule has 0 saturated heterocycles. The Balaban J connectivity index is 1.53. The van der Waals surface area contributed by atoms with Crippen molar-refractivity contribution in [3.05, 3.63) is 23.8 Å². The van der Waals surface area contributed by atoms with E-state index in [9.17, 15) is 5.11 Å². The summed E-state index contributed by atoms with van der Waals surface area (Å²) < 4.78 is 0. The van der Waals surface area contributed by atoms with Gasteiger partial charge in [-0.15, -0.1) is 0 Å². The highest BCUT2D eigenvalue weighted by molar-refractivity contribution is 5.32. The molecule has 5 aliphatic carbocycles. The molecule has 1 nitrogen and oxygen atoms in total. The summed E-state index contributed by atoms with van der Waals surface area (Å²) in [5, 5.41) is 10.8. The van der Waals surface area contributed by atoms with Gasteiger partial charge in [0.1, 0.15) is 0 Å². The summed E-state index contributed by atoms with van der Waals surface area (Å²) in [5.41, 5.74) is 4.26. The van der Waals surface area contributed by atoms with Gasteiger partial charge in [-0.3, -0.25) is 0 Å². The van der Waals surface area contributed by atoms with E-state index in [1.54, 1.807) is 5.57 Å². The second-order valence-corrected chi connectivity index (χ2v) is 13.6. The smallest absolute Gasteiger partial charge is 0.0628 e. The van der Waals surface area contributed by atoms with Crippen LogP contribution in [-0.4, -0.2) is 11.2 Å². The molecule has 1 N–H and O–H groups in total. The summed E-state index contributed by atoms with van der Waals surface area (Å²) in [6.45, 7) is 19.2. The number of aliphatic hydroxyl groups is 1. The van der Waals surface area contributed by atoms with Gasteiger partial charge in [-0.25, -0.2) is 0 Å². The zero-order valence-electron chi connectivity index (χ0n) is 20.6. The fraction of sp³-hybridized carbons (Fsp3) is 0.862. The van der Waals surface area contributed by atoms with Gasteiger partial charge in [0, 0.05) is 5.41 Å². The van der Waals surface area contributed by atoms with Crippen molar-refractivity contribution in [3.8, 4) is 0 Å². The minimum absolute atomic E-state index is 0.0627. The Kier molecular flexibility index (Phi) is 4.61. The Morgan fingerprint density at radius 1 is 0.967 bits per heavy atom. The fourth-order valence-electron chi connectivity index (χ4n) is 10.4. The number of rotatable bonds is 1. The first kappa shape index (κ1) is 21.3. The van der Waals surface area contributed by atoms with Crippen molar-refractivity contribution in [1.82, 2.24) is 0 Å². The SMILES string of the molecule is C=C(C)C1CCC2(C)CCC3C(CCC4C5(C)CCC(O)C(C)(C)C5=CCC34C)C12. The average molecular weight is 411 g/mol. The standard InChI is InChI=1S/C29H46O/c1-18(2)19-10-14-27(5)15-11-21-20(25(19)27)8-9-23-28(21,6)16-12-22-26(3,4)24(30)13-17-29(22,23)7/h12,19-21,23-25,30H,1,8-11,13-17H2,2-7H3. The molecule has 4 saturated carbocycles. The van der Waals surface area contributed by atoms with Crippen molar-refractivity contribution in [1.29, 1.82) is 0 Å². The Hall–Kier alpha value is -0.560. The van der Waals surface area contributed by atoms with Crippen molar-refractivity contribution in [2.75, 3.05) is 0 Å². The highest BCUT2D eigenvalue weighted by atomic mass is 16.3. The summed E-state index contributed by atoms with van der Waals surface area (Å²) in [7, 11) is 0. The lowest BCUT2D eigenvalue weighted by molar-refractivity contribution is -0.139. The summed E-state index contributed by atoms with van der Waals surface area (Å²) >= 11 is 0. The lowest BCUT2D eigenvalue weighted by Crippen LogP contribution is -2.59. The van der Waals surface area contributed by atoms with Crippen LogP contribution in [-0.2, 0) is 0 Å². The number of hydrogen-bond acceptors (Lipinski definition) is 1. The van der Waals surface area contributed by atoms with E-state index in [4.69, 9.17) is 0 Å². The van der Waals surface area contributed by atoms with Crippen LogP contribution < -0.4 is 0 Å². The summed E-state index contributed by atoms with van der Waals surface area (Å²) in [4.78, 5) is 0. The first-order valence-electron chi connectivity index (χ1n) is 13.0. The molecule has 0 amide bonds. The molecule has 0 aromatic heterocycles. The number of hydrogen-bond donors (Lipinski definition) is 1. The minimum atomic E-state index is -0.178. The highest BCUT2D eigenvalue weighted by Crippen LogP contribution is 2.72. The zero-order chi connectivity index (χ0) is 21.7. The molecule has 1 heteroatoms. The van der Waals surface area contributed by atoms with Gasteiger partial charge in [0.2, 0.25) is 0 Å². The first-order valence-corrected chi connectivity index (χ1v) is 13.0. The fourth-order valence-corrected chi connectivity index (χ4v) is 10.4. The second kappa shape index (κ2) is 6.49. The van der Waals surface area contributed by atoms with Gasteiger partial charge in [0.05, 0.1) is 6.10 Å². The zero-order valence-corrected chi connectivity index (χ0v) is 20.6. The van der Waals surface area contributed by atoms with Crippen LogP contribution in [0.3, 0.4) is 0 Å². The Labute approximate surface area is 185 Å². The van der Waals surface area contributed by atoms with E-state index in [1.807, 2.05) is 0 Å². The number of fused-ring (bicyclic) bond motifs is 7. The second-order valence-electron chi connectivity index (χ2n) is 13.6. The maximum absolute atomic E-state index is 10.8. The lowest BCUT2D eigenvalue weighted by Gasteiger charge is -2.66. The molecule has 30 heavy (non-hydrogen) atoms. The molecule has 0 aromatic rings. The van der Waals surface area contributed by atoms with Crippen molar-refractivity contribution >= 4 is 0 Å². The molecule has 0 radical (unpaired) electrons. The molecule has 0 bridgehead atoms. The van der Waals surface area contributed by atoms with Crippen LogP contribution >= 0.6 is 0 Å². The topological polar surface area (TPSA) is 20.2 Å². The van der Waals surface area contributed by atoms with Crippen molar-refractivity contribution in [2.24, 2.45) is 51.2 Å². The quantitative estimate of drug-likeness (QED) is 0.442. The Morgan fingerprint density at radius 2 is 1.67 bits per heavy atom. The summed E-state index contributed by atoms with van der Waals surface area (Å²) in [5.74, 6) is 4.19. The largest absolute Gasteiger partial charge is 0.392 e. The van der Waals surface area contributed by atoms with Crippen molar-refractivity contribution in [3.63, 3.8) is 0 Å². The maximum Gasteiger partial charge on any atom is 0.0628 e. The maximum atomic E-state index is 10.8. The van der Waals surface area contributed by atoms with Gasteiger partial charge in [-0.05, 0) is 111 Å². The molecule has 0 aromatic carbocycles. The van der Waals surface area contributed by atoms with Crippen LogP contribution in [0, 0.1) is 51.2 Å². The van der Waals surface area contributed by atoms with E-state index in [2.05, 4.69) is 54.2 Å². The molecule has 4 fully saturated rings. The van der Waals surface area contributed by atoms with Crippen molar-refractivity contribution in [2.45, 2.75) is 105 Å². The van der Waals surface area contributed by atoms with Gasteiger partial charge in [-0.1, -0.05) is 58.4 Å². The molecule has 0 spiro atoms. The Morgan fingerprint density at radius 3 is 2.37 bits per heavy atom. The van der Waals surface area contributed by atoms with E-state index in [0.29, 0.717) is 10.8 Å². The third kappa shape index (κ3) is 2.57. The Bertz CT molecular complexity index is 775. The third-order valence-electron chi connectivity index (χ3n) is 11.9. The highest BCUT2D eigenvalue weighted by Gasteiger charge is 2.64. The molecule has 5 aliphatic rings. The van der Waals surface area contributed by atoms with Crippen LogP contribution in [0.2, 0.25) is 0 Å². The van der Waals surface area contributed by atoms with Gasteiger partial charge in [0.15, 0.2) is 0 Å². The first-order chi connectivity index (χ1) is 13.9.